The Balaban J connectivity index is 2.36. The van der Waals surface area contributed by atoms with Crippen molar-refractivity contribution >= 4 is 54.5 Å². The van der Waals surface area contributed by atoms with Gasteiger partial charge in [0.15, 0.2) is 0 Å². The zero-order valence-electron chi connectivity index (χ0n) is 11.6. The van der Waals surface area contributed by atoms with Gasteiger partial charge in [-0.25, -0.2) is 4.98 Å². The molecule has 0 aliphatic rings. The number of hydrogen-bond acceptors (Lipinski definition) is 1. The van der Waals surface area contributed by atoms with Gasteiger partial charge in [0.05, 0.1) is 16.4 Å². The van der Waals surface area contributed by atoms with Crippen LogP contribution < -0.4 is 0 Å². The molecule has 0 fully saturated rings. The summed E-state index contributed by atoms with van der Waals surface area (Å²) in [6.45, 7) is 4.02. The predicted molar refractivity (Wildman–Crippen MR) is 95.5 cm³/mol. The van der Waals surface area contributed by atoms with E-state index in [-0.39, 0.29) is 5.38 Å². The molecular weight excluding hydrogens is 415 g/mol. The minimum absolute atomic E-state index is 0.171. The molecule has 0 bridgehead atoms. The van der Waals surface area contributed by atoms with Gasteiger partial charge in [0.1, 0.15) is 5.82 Å². The zero-order chi connectivity index (χ0) is 15.1. The summed E-state index contributed by atoms with van der Waals surface area (Å²) in [7, 11) is 0. The molecule has 3 aromatic rings. The molecule has 1 heterocycles. The van der Waals surface area contributed by atoms with E-state index in [1.807, 2.05) is 19.1 Å². The second-order valence-electron chi connectivity index (χ2n) is 5.04. The summed E-state index contributed by atoms with van der Waals surface area (Å²) in [4.78, 5) is 4.69. The molecule has 0 N–H and O–H groups in total. The van der Waals surface area contributed by atoms with Gasteiger partial charge in [0.2, 0.25) is 0 Å². The van der Waals surface area contributed by atoms with Crippen LogP contribution in [0.4, 0.5) is 0 Å². The Morgan fingerprint density at radius 3 is 2.52 bits per heavy atom. The monoisotopic (exact) mass is 426 g/mol. The summed E-state index contributed by atoms with van der Waals surface area (Å²) in [5.41, 5.74) is 4.24. The van der Waals surface area contributed by atoms with Gasteiger partial charge in [-0.05, 0) is 55.8 Å². The largest absolute Gasteiger partial charge is 0.295 e. The van der Waals surface area contributed by atoms with Crippen molar-refractivity contribution in [3.05, 3.63) is 56.7 Å². The average molecular weight is 429 g/mol. The van der Waals surface area contributed by atoms with Gasteiger partial charge in [0, 0.05) is 14.6 Å². The van der Waals surface area contributed by atoms with E-state index in [1.54, 1.807) is 0 Å². The van der Waals surface area contributed by atoms with Crippen molar-refractivity contribution in [2.75, 3.05) is 0 Å². The SMILES string of the molecule is Cc1cc(Br)cc(-n2c(C(C)Cl)nc3cc(Br)ccc32)c1. The molecule has 0 aliphatic heterocycles. The molecule has 0 radical (unpaired) electrons. The maximum atomic E-state index is 6.34. The van der Waals surface area contributed by atoms with E-state index in [0.29, 0.717) is 0 Å². The highest BCUT2D eigenvalue weighted by Crippen LogP contribution is 2.31. The number of aromatic nitrogens is 2. The Morgan fingerprint density at radius 1 is 1.10 bits per heavy atom. The van der Waals surface area contributed by atoms with Crippen molar-refractivity contribution in [3.63, 3.8) is 0 Å². The number of nitrogens with zero attached hydrogens (tertiary/aromatic N) is 2. The van der Waals surface area contributed by atoms with Gasteiger partial charge in [-0.2, -0.15) is 0 Å². The van der Waals surface area contributed by atoms with Crippen molar-refractivity contribution in [2.24, 2.45) is 0 Å². The molecule has 0 amide bonds. The minimum atomic E-state index is -0.171. The predicted octanol–water partition coefficient (Wildman–Crippen LogP) is 6.16. The van der Waals surface area contributed by atoms with Crippen LogP contribution in [-0.2, 0) is 0 Å². The third kappa shape index (κ3) is 2.89. The van der Waals surface area contributed by atoms with Crippen molar-refractivity contribution in [1.29, 1.82) is 0 Å². The molecule has 108 valence electrons. The highest BCUT2D eigenvalue weighted by atomic mass is 79.9. The second-order valence-corrected chi connectivity index (χ2v) is 7.53. The first-order chi connectivity index (χ1) is 9.95. The lowest BCUT2D eigenvalue weighted by atomic mass is 10.2. The number of imidazole rings is 1. The summed E-state index contributed by atoms with van der Waals surface area (Å²) in [6, 6.07) is 12.4. The molecular formula is C16H13Br2ClN2. The van der Waals surface area contributed by atoms with Crippen LogP contribution in [0.5, 0.6) is 0 Å². The van der Waals surface area contributed by atoms with Crippen molar-refractivity contribution in [2.45, 2.75) is 19.2 Å². The van der Waals surface area contributed by atoms with Crippen LogP contribution in [-0.4, -0.2) is 9.55 Å². The number of rotatable bonds is 2. The lowest BCUT2D eigenvalue weighted by Gasteiger charge is -2.12. The van der Waals surface area contributed by atoms with Gasteiger partial charge in [-0.1, -0.05) is 31.9 Å². The third-order valence-corrected chi connectivity index (χ3v) is 4.43. The Bertz CT molecular complexity index is 804. The number of fused-ring (bicyclic) bond motifs is 1. The molecule has 3 rings (SSSR count). The first-order valence-electron chi connectivity index (χ1n) is 6.55. The maximum Gasteiger partial charge on any atom is 0.132 e. The molecule has 2 nitrogen and oxygen atoms in total. The first kappa shape index (κ1) is 15.1. The van der Waals surface area contributed by atoms with Crippen LogP contribution >= 0.6 is 43.5 Å². The Labute approximate surface area is 145 Å². The number of halogens is 3. The van der Waals surface area contributed by atoms with E-state index in [4.69, 9.17) is 16.6 Å². The van der Waals surface area contributed by atoms with Crippen molar-refractivity contribution < 1.29 is 0 Å². The number of hydrogen-bond donors (Lipinski definition) is 0. The molecule has 0 spiro atoms. The van der Waals surface area contributed by atoms with Gasteiger partial charge in [-0.15, -0.1) is 11.6 Å². The fourth-order valence-electron chi connectivity index (χ4n) is 2.46. The minimum Gasteiger partial charge on any atom is -0.295 e. The Morgan fingerprint density at radius 2 is 1.86 bits per heavy atom. The van der Waals surface area contributed by atoms with Crippen molar-refractivity contribution in [1.82, 2.24) is 9.55 Å². The smallest absolute Gasteiger partial charge is 0.132 e. The molecule has 5 heteroatoms. The van der Waals surface area contributed by atoms with Gasteiger partial charge < -0.3 is 0 Å². The molecule has 0 aliphatic carbocycles. The maximum absolute atomic E-state index is 6.34. The summed E-state index contributed by atoms with van der Waals surface area (Å²) < 4.78 is 4.18. The van der Waals surface area contributed by atoms with Crippen LogP contribution in [0.15, 0.2) is 45.3 Å². The summed E-state index contributed by atoms with van der Waals surface area (Å²) in [5.74, 6) is 0.849. The van der Waals surface area contributed by atoms with Gasteiger partial charge in [-0.3, -0.25) is 4.57 Å². The molecule has 0 saturated heterocycles. The standard InChI is InChI=1S/C16H13Br2ClN2/c1-9-5-12(18)7-13(6-9)21-15-4-3-11(17)8-14(15)20-16(21)10(2)19/h3-8,10H,1-2H3. The Hall–Kier alpha value is -0.840. The van der Waals surface area contributed by atoms with E-state index in [1.165, 1.54) is 5.56 Å². The van der Waals surface area contributed by atoms with Gasteiger partial charge >= 0.3 is 0 Å². The molecule has 21 heavy (non-hydrogen) atoms. The highest BCUT2D eigenvalue weighted by Gasteiger charge is 2.17. The van der Waals surface area contributed by atoms with Crippen LogP contribution in [0.3, 0.4) is 0 Å². The quantitative estimate of drug-likeness (QED) is 0.447. The lowest BCUT2D eigenvalue weighted by molar-refractivity contribution is 0.881. The van der Waals surface area contributed by atoms with E-state index in [2.05, 4.69) is 67.6 Å². The number of aryl methyl sites for hydroxylation is 1. The lowest BCUT2D eigenvalue weighted by Crippen LogP contribution is -2.02. The molecule has 1 aromatic heterocycles. The fourth-order valence-corrected chi connectivity index (χ4v) is 3.55. The Kier molecular flexibility index (Phi) is 4.12. The first-order valence-corrected chi connectivity index (χ1v) is 8.57. The normalized spacial score (nSPS) is 12.8. The number of alkyl halides is 1. The summed E-state index contributed by atoms with van der Waals surface area (Å²) in [6.07, 6.45) is 0. The van der Waals surface area contributed by atoms with E-state index in [0.717, 1.165) is 31.5 Å². The molecule has 1 atom stereocenters. The van der Waals surface area contributed by atoms with E-state index >= 15 is 0 Å². The number of benzene rings is 2. The highest BCUT2D eigenvalue weighted by molar-refractivity contribution is 9.10. The average Bonchev–Trinajstić information content (AvgIpc) is 2.76. The zero-order valence-corrected chi connectivity index (χ0v) is 15.5. The third-order valence-electron chi connectivity index (χ3n) is 3.28. The van der Waals surface area contributed by atoms with Crippen LogP contribution in [0, 0.1) is 6.92 Å². The van der Waals surface area contributed by atoms with Crippen LogP contribution in [0.2, 0.25) is 0 Å². The van der Waals surface area contributed by atoms with Gasteiger partial charge in [0.25, 0.3) is 0 Å². The summed E-state index contributed by atoms with van der Waals surface area (Å²) in [5, 5.41) is -0.171. The van der Waals surface area contributed by atoms with E-state index < -0.39 is 0 Å². The van der Waals surface area contributed by atoms with Crippen LogP contribution in [0.25, 0.3) is 16.7 Å². The fraction of sp³-hybridized carbons (Fsp3) is 0.188. The van der Waals surface area contributed by atoms with Crippen molar-refractivity contribution in [3.8, 4) is 5.69 Å². The van der Waals surface area contributed by atoms with E-state index in [9.17, 15) is 0 Å². The molecule has 1 unspecified atom stereocenters. The second kappa shape index (κ2) is 5.75. The van der Waals surface area contributed by atoms with Crippen LogP contribution in [0.1, 0.15) is 23.7 Å². The summed E-state index contributed by atoms with van der Waals surface area (Å²) >= 11 is 13.4. The molecule has 2 aromatic carbocycles. The topological polar surface area (TPSA) is 17.8 Å². The molecule has 0 saturated carbocycles.